The molecular formula is C25H26N4O3. The minimum Gasteiger partial charge on any atom is -0.461 e. The Kier molecular flexibility index (Phi) is 5.51. The van der Waals surface area contributed by atoms with Crippen molar-refractivity contribution in [2.24, 2.45) is 0 Å². The predicted molar refractivity (Wildman–Crippen MR) is 123 cm³/mol. The maximum Gasteiger partial charge on any atom is 0.254 e. The fourth-order valence-electron chi connectivity index (χ4n) is 4.19. The van der Waals surface area contributed by atoms with Gasteiger partial charge in [-0.05, 0) is 43.3 Å². The van der Waals surface area contributed by atoms with Crippen LogP contribution in [0.15, 0.2) is 59.0 Å². The number of carbonyl (C=O) groups is 1. The van der Waals surface area contributed by atoms with Crippen LogP contribution >= 0.6 is 0 Å². The SMILES string of the molecule is Cc1ccc(-c2cccc(-c3nc4ccc(C(=O)N5CCN(CCO)CC5)cc4[nH]3)c2)o1. The number of aryl methyl sites for hydroxylation is 1. The summed E-state index contributed by atoms with van der Waals surface area (Å²) >= 11 is 0. The fourth-order valence-corrected chi connectivity index (χ4v) is 4.19. The Morgan fingerprint density at radius 2 is 1.88 bits per heavy atom. The zero-order valence-corrected chi connectivity index (χ0v) is 18.0. The molecule has 1 fully saturated rings. The average molecular weight is 431 g/mol. The average Bonchev–Trinajstić information content (AvgIpc) is 3.45. The topological polar surface area (TPSA) is 85.6 Å². The molecule has 2 aromatic carbocycles. The predicted octanol–water partition coefficient (Wildman–Crippen LogP) is 3.55. The summed E-state index contributed by atoms with van der Waals surface area (Å²) in [5, 5.41) is 9.09. The van der Waals surface area contributed by atoms with E-state index in [9.17, 15) is 4.79 Å². The van der Waals surface area contributed by atoms with E-state index in [1.54, 1.807) is 0 Å². The van der Waals surface area contributed by atoms with Crippen molar-refractivity contribution < 1.29 is 14.3 Å². The number of fused-ring (bicyclic) bond motifs is 1. The molecule has 0 unspecified atom stereocenters. The standard InChI is InChI=1S/C25H26N4O3/c1-17-5-8-23(32-17)18-3-2-4-19(15-18)24-26-21-7-6-20(16-22(21)27-24)25(31)29-11-9-28(10-12-29)13-14-30/h2-8,15-16,30H,9-14H2,1H3,(H,26,27). The van der Waals surface area contributed by atoms with Crippen molar-refractivity contribution in [3.63, 3.8) is 0 Å². The molecule has 0 saturated carbocycles. The first-order valence-corrected chi connectivity index (χ1v) is 10.9. The number of aliphatic hydroxyl groups is 1. The highest BCUT2D eigenvalue weighted by Gasteiger charge is 2.22. The van der Waals surface area contributed by atoms with E-state index >= 15 is 0 Å². The molecule has 2 aromatic heterocycles. The third-order valence-corrected chi connectivity index (χ3v) is 5.97. The van der Waals surface area contributed by atoms with Crippen LogP contribution in [0.1, 0.15) is 16.1 Å². The molecule has 164 valence electrons. The van der Waals surface area contributed by atoms with Crippen molar-refractivity contribution in [1.29, 1.82) is 0 Å². The Balaban J connectivity index is 1.37. The number of imidazole rings is 1. The Labute approximate surface area is 186 Å². The monoisotopic (exact) mass is 430 g/mol. The number of furan rings is 1. The van der Waals surface area contributed by atoms with Crippen LogP contribution in [0.3, 0.4) is 0 Å². The van der Waals surface area contributed by atoms with E-state index in [-0.39, 0.29) is 12.5 Å². The van der Waals surface area contributed by atoms with Crippen molar-refractivity contribution in [3.05, 3.63) is 65.9 Å². The lowest BCUT2D eigenvalue weighted by Crippen LogP contribution is -2.49. The first kappa shape index (κ1) is 20.5. The molecule has 0 spiro atoms. The quantitative estimate of drug-likeness (QED) is 0.506. The molecule has 7 heteroatoms. The van der Waals surface area contributed by atoms with Gasteiger partial charge in [0.05, 0.1) is 17.6 Å². The molecule has 1 amide bonds. The number of nitrogens with one attached hydrogen (secondary N) is 1. The Morgan fingerprint density at radius 1 is 1.06 bits per heavy atom. The normalized spacial score (nSPS) is 14.9. The van der Waals surface area contributed by atoms with Gasteiger partial charge < -0.3 is 19.4 Å². The summed E-state index contributed by atoms with van der Waals surface area (Å²) in [5.41, 5.74) is 4.27. The maximum atomic E-state index is 13.0. The Hall–Kier alpha value is -3.42. The van der Waals surface area contributed by atoms with Crippen LogP contribution in [0.5, 0.6) is 0 Å². The minimum atomic E-state index is 0.0295. The molecule has 2 N–H and O–H groups in total. The van der Waals surface area contributed by atoms with Gasteiger partial charge in [-0.1, -0.05) is 18.2 Å². The van der Waals surface area contributed by atoms with E-state index in [0.29, 0.717) is 25.2 Å². The number of rotatable bonds is 5. The second-order valence-electron chi connectivity index (χ2n) is 8.17. The highest BCUT2D eigenvalue weighted by molar-refractivity contribution is 5.97. The molecular weight excluding hydrogens is 404 g/mol. The van der Waals surface area contributed by atoms with Gasteiger partial charge in [-0.3, -0.25) is 9.69 Å². The van der Waals surface area contributed by atoms with Crippen molar-refractivity contribution in [2.45, 2.75) is 6.92 Å². The lowest BCUT2D eigenvalue weighted by atomic mass is 10.1. The number of aliphatic hydroxyl groups excluding tert-OH is 1. The summed E-state index contributed by atoms with van der Waals surface area (Å²) in [4.78, 5) is 25.1. The van der Waals surface area contributed by atoms with Crippen LogP contribution in [0.2, 0.25) is 0 Å². The third kappa shape index (κ3) is 4.04. The number of carbonyl (C=O) groups excluding carboxylic acids is 1. The largest absolute Gasteiger partial charge is 0.461 e. The number of aromatic amines is 1. The van der Waals surface area contributed by atoms with E-state index in [2.05, 4.69) is 9.88 Å². The number of nitrogens with zero attached hydrogens (tertiary/aromatic N) is 3. The van der Waals surface area contributed by atoms with E-state index in [4.69, 9.17) is 14.5 Å². The van der Waals surface area contributed by atoms with Gasteiger partial charge in [0.25, 0.3) is 5.91 Å². The summed E-state index contributed by atoms with van der Waals surface area (Å²) in [5.74, 6) is 2.49. The number of amides is 1. The van der Waals surface area contributed by atoms with E-state index < -0.39 is 0 Å². The number of H-pyrrole nitrogens is 1. The van der Waals surface area contributed by atoms with Crippen LogP contribution in [0.25, 0.3) is 33.7 Å². The molecule has 0 radical (unpaired) electrons. The van der Waals surface area contributed by atoms with Gasteiger partial charge in [-0.15, -0.1) is 0 Å². The van der Waals surface area contributed by atoms with E-state index in [1.807, 2.05) is 66.4 Å². The molecule has 0 aliphatic carbocycles. The number of benzene rings is 2. The molecule has 5 rings (SSSR count). The first-order chi connectivity index (χ1) is 15.6. The van der Waals surface area contributed by atoms with Crippen molar-refractivity contribution in [3.8, 4) is 22.7 Å². The summed E-state index contributed by atoms with van der Waals surface area (Å²) in [7, 11) is 0. The molecule has 1 aliphatic heterocycles. The van der Waals surface area contributed by atoms with E-state index in [0.717, 1.165) is 52.6 Å². The van der Waals surface area contributed by atoms with Gasteiger partial charge in [-0.25, -0.2) is 4.98 Å². The molecule has 0 atom stereocenters. The zero-order valence-electron chi connectivity index (χ0n) is 18.0. The lowest BCUT2D eigenvalue weighted by molar-refractivity contribution is 0.0615. The fraction of sp³-hybridized carbons (Fsp3) is 0.280. The van der Waals surface area contributed by atoms with Crippen LogP contribution in [0.4, 0.5) is 0 Å². The molecule has 1 aliphatic rings. The number of hydrogen-bond donors (Lipinski definition) is 2. The van der Waals surface area contributed by atoms with Gasteiger partial charge in [0.1, 0.15) is 17.3 Å². The second kappa shape index (κ2) is 8.61. The van der Waals surface area contributed by atoms with Gasteiger partial charge >= 0.3 is 0 Å². The number of β-amino-alcohol motifs (C(OH)–C–C–N with tert-alkyl or cyclic N) is 1. The molecule has 3 heterocycles. The first-order valence-electron chi connectivity index (χ1n) is 10.9. The van der Waals surface area contributed by atoms with Crippen molar-refractivity contribution in [2.75, 3.05) is 39.3 Å². The van der Waals surface area contributed by atoms with E-state index in [1.165, 1.54) is 0 Å². The number of hydrogen-bond acceptors (Lipinski definition) is 5. The van der Waals surface area contributed by atoms with Gasteiger partial charge in [0.15, 0.2) is 0 Å². The van der Waals surface area contributed by atoms with Gasteiger partial charge in [0.2, 0.25) is 0 Å². The molecule has 32 heavy (non-hydrogen) atoms. The molecule has 1 saturated heterocycles. The van der Waals surface area contributed by atoms with Gasteiger partial charge in [-0.2, -0.15) is 0 Å². The maximum absolute atomic E-state index is 13.0. The Bertz CT molecular complexity index is 1250. The summed E-state index contributed by atoms with van der Waals surface area (Å²) in [6.07, 6.45) is 0. The summed E-state index contributed by atoms with van der Waals surface area (Å²) in [6, 6.07) is 17.6. The van der Waals surface area contributed by atoms with Crippen LogP contribution < -0.4 is 0 Å². The van der Waals surface area contributed by atoms with Crippen LogP contribution in [0, 0.1) is 6.92 Å². The number of piperazine rings is 1. The lowest BCUT2D eigenvalue weighted by Gasteiger charge is -2.34. The number of aromatic nitrogens is 2. The van der Waals surface area contributed by atoms with Crippen molar-refractivity contribution >= 4 is 16.9 Å². The molecule has 0 bridgehead atoms. The Morgan fingerprint density at radius 3 is 2.62 bits per heavy atom. The smallest absolute Gasteiger partial charge is 0.254 e. The third-order valence-electron chi connectivity index (χ3n) is 5.97. The van der Waals surface area contributed by atoms with Crippen LogP contribution in [-0.4, -0.2) is 70.1 Å². The summed E-state index contributed by atoms with van der Waals surface area (Å²) in [6.45, 7) is 5.65. The molecule has 4 aromatic rings. The second-order valence-corrected chi connectivity index (χ2v) is 8.17. The summed E-state index contributed by atoms with van der Waals surface area (Å²) < 4.78 is 5.75. The van der Waals surface area contributed by atoms with Gasteiger partial charge in [0, 0.05) is 49.4 Å². The highest BCUT2D eigenvalue weighted by atomic mass is 16.3. The van der Waals surface area contributed by atoms with Crippen LogP contribution in [-0.2, 0) is 0 Å². The minimum absolute atomic E-state index is 0.0295. The zero-order chi connectivity index (χ0) is 22.1. The highest BCUT2D eigenvalue weighted by Crippen LogP contribution is 2.28. The molecule has 7 nitrogen and oxygen atoms in total. The van der Waals surface area contributed by atoms with Crippen molar-refractivity contribution in [1.82, 2.24) is 19.8 Å².